The zero-order chi connectivity index (χ0) is 22.1. The van der Waals surface area contributed by atoms with Gasteiger partial charge in [-0.05, 0) is 43.2 Å². The van der Waals surface area contributed by atoms with E-state index in [1.807, 2.05) is 36.6 Å². The van der Waals surface area contributed by atoms with E-state index in [-0.39, 0.29) is 11.7 Å². The summed E-state index contributed by atoms with van der Waals surface area (Å²) in [5.74, 6) is 0.544. The van der Waals surface area contributed by atoms with Crippen LogP contribution in [0, 0.1) is 6.92 Å². The van der Waals surface area contributed by atoms with Crippen molar-refractivity contribution in [1.29, 1.82) is 0 Å². The molecule has 0 spiro atoms. The monoisotopic (exact) mass is 444 g/mol. The van der Waals surface area contributed by atoms with Crippen LogP contribution in [0.25, 0.3) is 6.08 Å². The van der Waals surface area contributed by atoms with Crippen molar-refractivity contribution in [1.82, 2.24) is 10.3 Å². The van der Waals surface area contributed by atoms with Gasteiger partial charge in [-0.25, -0.2) is 4.98 Å². The van der Waals surface area contributed by atoms with Gasteiger partial charge in [0.25, 0.3) is 0 Å². The summed E-state index contributed by atoms with van der Waals surface area (Å²) in [5, 5.41) is 5.75. The summed E-state index contributed by atoms with van der Waals surface area (Å²) < 4.78 is 34.5. The van der Waals surface area contributed by atoms with Gasteiger partial charge in [0.05, 0.1) is 10.7 Å². The van der Waals surface area contributed by atoms with Crippen LogP contribution in [0.4, 0.5) is 8.78 Å². The first-order valence-corrected chi connectivity index (χ1v) is 10.5. The average molecular weight is 445 g/mol. The largest absolute Gasteiger partial charge is 0.487 e. The quantitative estimate of drug-likeness (QED) is 0.447. The van der Waals surface area contributed by atoms with Gasteiger partial charge < -0.3 is 14.8 Å². The molecule has 31 heavy (non-hydrogen) atoms. The summed E-state index contributed by atoms with van der Waals surface area (Å²) in [5.41, 5.74) is 2.56. The molecule has 0 aliphatic carbocycles. The normalized spacial score (nSPS) is 11.1. The average Bonchev–Trinajstić information content (AvgIpc) is 3.17. The topological polar surface area (TPSA) is 60.5 Å². The first kappa shape index (κ1) is 22.4. The molecule has 0 unspecified atom stereocenters. The van der Waals surface area contributed by atoms with Crippen molar-refractivity contribution in [3.05, 3.63) is 81.8 Å². The number of hydrogen-bond donors (Lipinski definition) is 1. The molecule has 3 rings (SSSR count). The van der Waals surface area contributed by atoms with Gasteiger partial charge >= 0.3 is 6.61 Å². The zero-order valence-corrected chi connectivity index (χ0v) is 17.7. The molecule has 0 saturated carbocycles. The Morgan fingerprint density at radius 3 is 2.68 bits per heavy atom. The third-order valence-corrected chi connectivity index (χ3v) is 5.06. The van der Waals surface area contributed by atoms with E-state index in [2.05, 4.69) is 15.0 Å². The first-order chi connectivity index (χ1) is 15.0. The standard InChI is InChI=1S/C23H22F2N2O3S/c1-16-27-19(15-31-16)14-29-21-5-3-2-4-18(21)8-11-22(28)26-13-12-17-6-9-20(10-7-17)30-23(24)25/h2-11,15,23H,12-14H2,1H3,(H,26,28)/b11-8+. The smallest absolute Gasteiger partial charge is 0.387 e. The Bertz CT molecular complexity index is 1020. The SMILES string of the molecule is Cc1nc(COc2ccccc2/C=C/C(=O)NCCc2ccc(OC(F)F)cc2)cs1. The summed E-state index contributed by atoms with van der Waals surface area (Å²) >= 11 is 1.57. The van der Waals surface area contributed by atoms with Gasteiger partial charge in [0.15, 0.2) is 0 Å². The molecule has 0 aliphatic heterocycles. The Labute approximate surface area is 183 Å². The maximum absolute atomic E-state index is 12.2. The molecule has 1 N–H and O–H groups in total. The van der Waals surface area contributed by atoms with Crippen molar-refractivity contribution in [3.8, 4) is 11.5 Å². The fourth-order valence-corrected chi connectivity index (χ4v) is 3.37. The number of benzene rings is 2. The Morgan fingerprint density at radius 1 is 1.19 bits per heavy atom. The number of aryl methyl sites for hydroxylation is 1. The van der Waals surface area contributed by atoms with Crippen molar-refractivity contribution in [2.75, 3.05) is 6.54 Å². The van der Waals surface area contributed by atoms with E-state index in [0.29, 0.717) is 25.3 Å². The highest BCUT2D eigenvalue weighted by Gasteiger charge is 2.05. The molecule has 8 heteroatoms. The Morgan fingerprint density at radius 2 is 1.97 bits per heavy atom. The van der Waals surface area contributed by atoms with Crippen LogP contribution in [0.5, 0.6) is 11.5 Å². The third-order valence-electron chi connectivity index (χ3n) is 4.24. The van der Waals surface area contributed by atoms with Crippen LogP contribution in [0.3, 0.4) is 0 Å². The number of carbonyl (C=O) groups excluding carboxylic acids is 1. The number of carbonyl (C=O) groups is 1. The first-order valence-electron chi connectivity index (χ1n) is 9.62. The van der Waals surface area contributed by atoms with Crippen LogP contribution in [-0.4, -0.2) is 24.0 Å². The van der Waals surface area contributed by atoms with E-state index >= 15 is 0 Å². The van der Waals surface area contributed by atoms with Gasteiger partial charge in [-0.1, -0.05) is 30.3 Å². The second-order valence-corrected chi connectivity index (χ2v) is 7.64. The van der Waals surface area contributed by atoms with Gasteiger partial charge in [0.2, 0.25) is 5.91 Å². The van der Waals surface area contributed by atoms with Crippen LogP contribution < -0.4 is 14.8 Å². The lowest BCUT2D eigenvalue weighted by atomic mass is 10.1. The highest BCUT2D eigenvalue weighted by Crippen LogP contribution is 2.21. The molecule has 3 aromatic rings. The fourth-order valence-electron chi connectivity index (χ4n) is 2.77. The summed E-state index contributed by atoms with van der Waals surface area (Å²) in [7, 11) is 0. The van der Waals surface area contributed by atoms with Gasteiger partial charge in [-0.2, -0.15) is 8.78 Å². The number of thiazole rings is 1. The zero-order valence-electron chi connectivity index (χ0n) is 16.9. The molecule has 1 amide bonds. The molecule has 0 bridgehead atoms. The third kappa shape index (κ3) is 7.49. The van der Waals surface area contributed by atoms with Crippen LogP contribution in [-0.2, 0) is 17.8 Å². The van der Waals surface area contributed by atoms with Crippen molar-refractivity contribution in [2.45, 2.75) is 26.6 Å². The minimum Gasteiger partial charge on any atom is -0.487 e. The van der Waals surface area contributed by atoms with E-state index in [0.717, 1.165) is 21.8 Å². The Kier molecular flexibility index (Phi) is 8.12. The highest BCUT2D eigenvalue weighted by atomic mass is 32.1. The number of nitrogens with one attached hydrogen (secondary N) is 1. The molecular weight excluding hydrogens is 422 g/mol. The lowest BCUT2D eigenvalue weighted by molar-refractivity contribution is -0.116. The predicted octanol–water partition coefficient (Wildman–Crippen LogP) is 5.00. The molecule has 1 heterocycles. The van der Waals surface area contributed by atoms with E-state index < -0.39 is 6.61 Å². The maximum atomic E-state index is 12.2. The van der Waals surface area contributed by atoms with Crippen LogP contribution in [0.1, 0.15) is 21.8 Å². The van der Waals surface area contributed by atoms with Gasteiger partial charge in [0.1, 0.15) is 18.1 Å². The molecule has 0 radical (unpaired) electrons. The molecule has 0 atom stereocenters. The Balaban J connectivity index is 1.47. The van der Waals surface area contributed by atoms with Crippen molar-refractivity contribution < 1.29 is 23.0 Å². The van der Waals surface area contributed by atoms with Crippen molar-refractivity contribution in [3.63, 3.8) is 0 Å². The molecule has 2 aromatic carbocycles. The number of rotatable bonds is 10. The van der Waals surface area contributed by atoms with Gasteiger partial charge in [-0.3, -0.25) is 4.79 Å². The summed E-state index contributed by atoms with van der Waals surface area (Å²) in [6, 6.07) is 13.8. The van der Waals surface area contributed by atoms with E-state index in [9.17, 15) is 13.6 Å². The molecular formula is C23H22F2N2O3S. The van der Waals surface area contributed by atoms with Crippen LogP contribution in [0.15, 0.2) is 60.0 Å². The van der Waals surface area contributed by atoms with Crippen molar-refractivity contribution >= 4 is 23.3 Å². The molecule has 5 nitrogen and oxygen atoms in total. The minimum atomic E-state index is -2.84. The van der Waals surface area contributed by atoms with Crippen LogP contribution >= 0.6 is 11.3 Å². The molecule has 0 saturated heterocycles. The van der Waals surface area contributed by atoms with E-state index in [1.165, 1.54) is 18.2 Å². The highest BCUT2D eigenvalue weighted by molar-refractivity contribution is 7.09. The fraction of sp³-hybridized carbons (Fsp3) is 0.217. The molecule has 1 aromatic heterocycles. The second kappa shape index (κ2) is 11.2. The number of aromatic nitrogens is 1. The number of halogens is 2. The maximum Gasteiger partial charge on any atom is 0.387 e. The van der Waals surface area contributed by atoms with Gasteiger partial charge in [0, 0.05) is 23.6 Å². The second-order valence-electron chi connectivity index (χ2n) is 6.58. The molecule has 162 valence electrons. The number of nitrogens with zero attached hydrogens (tertiary/aromatic N) is 1. The lowest BCUT2D eigenvalue weighted by Crippen LogP contribution is -2.23. The summed E-state index contributed by atoms with van der Waals surface area (Å²) in [6.45, 7) is -0.119. The lowest BCUT2D eigenvalue weighted by Gasteiger charge is -2.08. The molecule has 0 aliphatic rings. The number of alkyl halides is 2. The van der Waals surface area contributed by atoms with E-state index in [4.69, 9.17) is 4.74 Å². The minimum absolute atomic E-state index is 0.108. The van der Waals surface area contributed by atoms with E-state index in [1.54, 1.807) is 29.5 Å². The number of amides is 1. The molecule has 0 fully saturated rings. The number of para-hydroxylation sites is 1. The predicted molar refractivity (Wildman–Crippen MR) is 116 cm³/mol. The Hall–Kier alpha value is -3.26. The number of hydrogen-bond acceptors (Lipinski definition) is 5. The van der Waals surface area contributed by atoms with Crippen molar-refractivity contribution in [2.24, 2.45) is 0 Å². The number of ether oxygens (including phenoxy) is 2. The van der Waals surface area contributed by atoms with Gasteiger partial charge in [-0.15, -0.1) is 11.3 Å². The van der Waals surface area contributed by atoms with Crippen LogP contribution in [0.2, 0.25) is 0 Å². The summed E-state index contributed by atoms with van der Waals surface area (Å²) in [4.78, 5) is 16.5. The summed E-state index contributed by atoms with van der Waals surface area (Å²) in [6.07, 6.45) is 3.73.